The maximum atomic E-state index is 12.5. The van der Waals surface area contributed by atoms with E-state index in [9.17, 15) is 18.0 Å². The van der Waals surface area contributed by atoms with Crippen LogP contribution in [0.4, 0.5) is 18.9 Å². The summed E-state index contributed by atoms with van der Waals surface area (Å²) in [7, 11) is 1.22. The van der Waals surface area contributed by atoms with Gasteiger partial charge in [-0.3, -0.25) is 0 Å². The predicted molar refractivity (Wildman–Crippen MR) is 60.8 cm³/mol. The molecule has 0 amide bonds. The molecule has 1 rings (SSSR count). The van der Waals surface area contributed by atoms with Crippen LogP contribution in [0.3, 0.4) is 0 Å². The van der Waals surface area contributed by atoms with Crippen LogP contribution in [0.25, 0.3) is 0 Å². The van der Waals surface area contributed by atoms with Gasteiger partial charge in [0, 0.05) is 17.5 Å². The van der Waals surface area contributed by atoms with Crippen LogP contribution >= 0.6 is 0 Å². The number of methoxy groups -OCH3 is 1. The lowest BCUT2D eigenvalue weighted by atomic mass is 10.2. The van der Waals surface area contributed by atoms with Gasteiger partial charge in [-0.25, -0.2) is 4.79 Å². The third-order valence-corrected chi connectivity index (χ3v) is 2.07. The standard InChI is InChI=1S/C12H12F3NO2/c1-8(6-11(17)18-2)16-10-5-3-4-9(7-10)12(13,14)15/h3-7,16H,1-2H3. The van der Waals surface area contributed by atoms with Crippen LogP contribution < -0.4 is 5.32 Å². The van der Waals surface area contributed by atoms with Gasteiger partial charge in [0.05, 0.1) is 12.7 Å². The Morgan fingerprint density at radius 2 is 2.06 bits per heavy atom. The highest BCUT2D eigenvalue weighted by Gasteiger charge is 2.30. The van der Waals surface area contributed by atoms with Gasteiger partial charge in [-0.2, -0.15) is 13.2 Å². The second-order valence-electron chi connectivity index (χ2n) is 3.55. The first-order valence-corrected chi connectivity index (χ1v) is 5.03. The third kappa shape index (κ3) is 4.12. The lowest BCUT2D eigenvalue weighted by Gasteiger charge is -2.10. The van der Waals surface area contributed by atoms with Crippen LogP contribution in [-0.4, -0.2) is 13.1 Å². The van der Waals surface area contributed by atoms with E-state index in [1.165, 1.54) is 19.2 Å². The zero-order valence-corrected chi connectivity index (χ0v) is 9.84. The van der Waals surface area contributed by atoms with Gasteiger partial charge in [0.15, 0.2) is 0 Å². The lowest BCUT2D eigenvalue weighted by Crippen LogP contribution is -2.06. The number of carbonyl (C=O) groups is 1. The van der Waals surface area contributed by atoms with Crippen molar-refractivity contribution in [1.82, 2.24) is 0 Å². The van der Waals surface area contributed by atoms with Gasteiger partial charge in [0.1, 0.15) is 0 Å². The van der Waals surface area contributed by atoms with Gasteiger partial charge in [-0.05, 0) is 25.1 Å². The van der Waals surface area contributed by atoms with Crippen LogP contribution in [0.15, 0.2) is 36.0 Å². The first kappa shape index (κ1) is 14.1. The Morgan fingerprint density at radius 3 is 2.61 bits per heavy atom. The molecular formula is C12H12F3NO2. The number of halogens is 3. The van der Waals surface area contributed by atoms with Gasteiger partial charge in [0.25, 0.3) is 0 Å². The fraction of sp³-hybridized carbons (Fsp3) is 0.250. The molecule has 1 aromatic carbocycles. The maximum absolute atomic E-state index is 12.5. The summed E-state index contributed by atoms with van der Waals surface area (Å²) in [6.45, 7) is 1.55. The van der Waals surface area contributed by atoms with E-state index < -0.39 is 17.7 Å². The van der Waals surface area contributed by atoms with Gasteiger partial charge < -0.3 is 10.1 Å². The molecule has 0 aliphatic rings. The Kier molecular flexibility index (Phi) is 4.36. The summed E-state index contributed by atoms with van der Waals surface area (Å²) in [6, 6.07) is 4.71. The number of benzene rings is 1. The highest BCUT2D eigenvalue weighted by molar-refractivity contribution is 5.83. The molecular weight excluding hydrogens is 247 g/mol. The summed E-state index contributed by atoms with van der Waals surface area (Å²) < 4.78 is 41.8. The van der Waals surface area contributed by atoms with Crippen LogP contribution in [-0.2, 0) is 15.7 Å². The number of nitrogens with one attached hydrogen (secondary N) is 1. The molecule has 0 saturated heterocycles. The zero-order chi connectivity index (χ0) is 13.8. The van der Waals surface area contributed by atoms with E-state index in [0.717, 1.165) is 18.2 Å². The minimum atomic E-state index is -4.39. The van der Waals surface area contributed by atoms with E-state index >= 15 is 0 Å². The Morgan fingerprint density at radius 1 is 1.39 bits per heavy atom. The highest BCUT2D eigenvalue weighted by atomic mass is 19.4. The van der Waals surface area contributed by atoms with Crippen molar-refractivity contribution in [3.8, 4) is 0 Å². The molecule has 0 aromatic heterocycles. The Balaban J connectivity index is 2.86. The fourth-order valence-electron chi connectivity index (χ4n) is 1.27. The van der Waals surface area contributed by atoms with Crippen molar-refractivity contribution >= 4 is 11.7 Å². The van der Waals surface area contributed by atoms with Crippen molar-refractivity contribution in [1.29, 1.82) is 0 Å². The number of esters is 1. The number of alkyl halides is 3. The van der Waals surface area contributed by atoms with Crippen molar-refractivity contribution in [3.05, 3.63) is 41.6 Å². The van der Waals surface area contributed by atoms with Gasteiger partial charge in [-0.15, -0.1) is 0 Å². The number of ether oxygens (including phenoxy) is 1. The molecule has 0 fully saturated rings. The van der Waals surface area contributed by atoms with E-state index in [1.54, 1.807) is 6.92 Å². The van der Waals surface area contributed by atoms with Gasteiger partial charge in [-0.1, -0.05) is 6.07 Å². The first-order chi connectivity index (χ1) is 8.32. The summed E-state index contributed by atoms with van der Waals surface area (Å²) in [5, 5.41) is 2.68. The van der Waals surface area contributed by atoms with Crippen LogP contribution in [0.5, 0.6) is 0 Å². The average Bonchev–Trinajstić information content (AvgIpc) is 2.27. The molecule has 0 unspecified atom stereocenters. The van der Waals surface area contributed by atoms with Crippen molar-refractivity contribution in [2.45, 2.75) is 13.1 Å². The molecule has 0 heterocycles. The molecule has 0 saturated carbocycles. The largest absolute Gasteiger partial charge is 0.466 e. The minimum absolute atomic E-state index is 0.252. The molecule has 18 heavy (non-hydrogen) atoms. The molecule has 0 bridgehead atoms. The first-order valence-electron chi connectivity index (χ1n) is 5.03. The Hall–Kier alpha value is -1.98. The molecule has 0 aliphatic carbocycles. The van der Waals surface area contributed by atoms with Crippen molar-refractivity contribution in [2.75, 3.05) is 12.4 Å². The summed E-state index contributed by atoms with van der Waals surface area (Å²) >= 11 is 0. The minimum Gasteiger partial charge on any atom is -0.466 e. The molecule has 1 aromatic rings. The van der Waals surface area contributed by atoms with Crippen LogP contribution in [0.1, 0.15) is 12.5 Å². The van der Waals surface area contributed by atoms with E-state index in [2.05, 4.69) is 10.1 Å². The van der Waals surface area contributed by atoms with E-state index in [0.29, 0.717) is 5.70 Å². The van der Waals surface area contributed by atoms with E-state index in [-0.39, 0.29) is 5.69 Å². The summed E-state index contributed by atoms with van der Waals surface area (Å²) in [5.41, 5.74) is -0.109. The van der Waals surface area contributed by atoms with Crippen molar-refractivity contribution in [3.63, 3.8) is 0 Å². The number of hydrogen-bond acceptors (Lipinski definition) is 3. The average molecular weight is 259 g/mol. The number of allylic oxidation sites excluding steroid dienone is 1. The Labute approximate surface area is 102 Å². The maximum Gasteiger partial charge on any atom is 0.416 e. The summed E-state index contributed by atoms with van der Waals surface area (Å²) in [4.78, 5) is 10.9. The molecule has 98 valence electrons. The number of rotatable bonds is 3. The third-order valence-electron chi connectivity index (χ3n) is 2.07. The summed E-state index contributed by atoms with van der Waals surface area (Å²) in [5.74, 6) is -0.577. The number of hydrogen-bond donors (Lipinski definition) is 1. The molecule has 0 radical (unpaired) electrons. The normalized spacial score (nSPS) is 12.2. The van der Waals surface area contributed by atoms with E-state index in [4.69, 9.17) is 0 Å². The topological polar surface area (TPSA) is 38.3 Å². The van der Waals surface area contributed by atoms with E-state index in [1.807, 2.05) is 0 Å². The number of carbonyl (C=O) groups excluding carboxylic acids is 1. The fourth-order valence-corrected chi connectivity index (χ4v) is 1.27. The molecule has 0 spiro atoms. The SMILES string of the molecule is COC(=O)C=C(C)Nc1cccc(C(F)(F)F)c1. The summed E-state index contributed by atoms with van der Waals surface area (Å²) in [6.07, 6.45) is -3.24. The Bertz CT molecular complexity index is 467. The zero-order valence-electron chi connectivity index (χ0n) is 9.84. The highest BCUT2D eigenvalue weighted by Crippen LogP contribution is 2.30. The molecule has 3 nitrogen and oxygen atoms in total. The molecule has 0 atom stereocenters. The van der Waals surface area contributed by atoms with Crippen LogP contribution in [0.2, 0.25) is 0 Å². The van der Waals surface area contributed by atoms with Crippen molar-refractivity contribution < 1.29 is 22.7 Å². The van der Waals surface area contributed by atoms with Gasteiger partial charge in [0.2, 0.25) is 0 Å². The molecule has 0 aliphatic heterocycles. The smallest absolute Gasteiger partial charge is 0.416 e. The monoisotopic (exact) mass is 259 g/mol. The second-order valence-corrected chi connectivity index (χ2v) is 3.55. The predicted octanol–water partition coefficient (Wildman–Crippen LogP) is 3.19. The molecule has 6 heteroatoms. The van der Waals surface area contributed by atoms with Crippen LogP contribution in [0, 0.1) is 0 Å². The van der Waals surface area contributed by atoms with Crippen molar-refractivity contribution in [2.24, 2.45) is 0 Å². The quantitative estimate of drug-likeness (QED) is 0.669. The molecule has 1 N–H and O–H groups in total. The number of anilines is 1. The van der Waals surface area contributed by atoms with Gasteiger partial charge >= 0.3 is 12.1 Å². The second kappa shape index (κ2) is 5.57. The lowest BCUT2D eigenvalue weighted by molar-refractivity contribution is -0.137.